The number of likely N-dealkylation sites (N-methyl/N-ethyl adjacent to an activating group) is 1. The van der Waals surface area contributed by atoms with Gasteiger partial charge in [0.05, 0.1) is 27.7 Å². The quantitative estimate of drug-likeness (QED) is 0.0278. The highest BCUT2D eigenvalue weighted by Gasteiger charge is 2.27. The number of nitrogens with zero attached hydrogens (tertiary/aromatic N) is 1. The molecule has 9 nitrogen and oxygen atoms in total. The van der Waals surface area contributed by atoms with Gasteiger partial charge in [-0.2, -0.15) is 0 Å². The third-order valence-electron chi connectivity index (χ3n) is 12.1. The molecule has 1 N–H and O–H groups in total. The van der Waals surface area contributed by atoms with Gasteiger partial charge in [0.1, 0.15) is 19.8 Å². The SMILES string of the molecule is CCCCCCCCCCCCCCCCCCCCCCCCC(=O)OCC(COP(=O)(O)OCC[N+](C)(C)C)OC(=O)CCCCCCCCCCCCCCCCCC. The number of quaternary nitrogens is 1. The number of phosphoric ester groups is 1. The largest absolute Gasteiger partial charge is 0.472 e. The first-order chi connectivity index (χ1) is 30.0. The molecule has 0 aliphatic rings. The number of hydrogen-bond acceptors (Lipinski definition) is 7. The molecule has 0 saturated carbocycles. The molecule has 0 amide bonds. The zero-order valence-corrected chi connectivity index (χ0v) is 42.8. The second-order valence-corrected chi connectivity index (χ2v) is 21.1. The molecule has 0 spiro atoms. The van der Waals surface area contributed by atoms with E-state index in [1.54, 1.807) is 0 Å². The van der Waals surface area contributed by atoms with Crippen molar-refractivity contribution in [1.82, 2.24) is 0 Å². The maximum Gasteiger partial charge on any atom is 0.472 e. The Balaban J connectivity index is 4.14. The first-order valence-electron chi connectivity index (χ1n) is 26.8. The van der Waals surface area contributed by atoms with E-state index in [2.05, 4.69) is 13.8 Å². The maximum absolute atomic E-state index is 12.7. The van der Waals surface area contributed by atoms with Gasteiger partial charge in [-0.3, -0.25) is 18.6 Å². The van der Waals surface area contributed by atoms with Crippen LogP contribution in [0.1, 0.15) is 271 Å². The van der Waals surface area contributed by atoms with Gasteiger partial charge in [0.15, 0.2) is 6.10 Å². The first-order valence-corrected chi connectivity index (χ1v) is 28.3. The van der Waals surface area contributed by atoms with Crippen molar-refractivity contribution in [2.24, 2.45) is 0 Å². The predicted molar refractivity (Wildman–Crippen MR) is 261 cm³/mol. The summed E-state index contributed by atoms with van der Waals surface area (Å²) in [5, 5.41) is 0. The van der Waals surface area contributed by atoms with Crippen molar-refractivity contribution in [3.8, 4) is 0 Å². The van der Waals surface area contributed by atoms with Gasteiger partial charge in [-0.25, -0.2) is 4.57 Å². The highest BCUT2D eigenvalue weighted by molar-refractivity contribution is 7.47. The molecule has 0 heterocycles. The summed E-state index contributed by atoms with van der Waals surface area (Å²) in [5.74, 6) is -0.776. The minimum Gasteiger partial charge on any atom is -0.462 e. The first kappa shape index (κ1) is 61.0. The van der Waals surface area contributed by atoms with E-state index < -0.39 is 26.5 Å². The summed E-state index contributed by atoms with van der Waals surface area (Å²) in [6.07, 6.45) is 48.7. The zero-order valence-electron chi connectivity index (χ0n) is 41.9. The van der Waals surface area contributed by atoms with Crippen LogP contribution >= 0.6 is 7.82 Å². The molecule has 0 radical (unpaired) electrons. The molecule has 0 rings (SSSR count). The average molecular weight is 903 g/mol. The van der Waals surface area contributed by atoms with Crippen molar-refractivity contribution in [1.29, 1.82) is 0 Å². The van der Waals surface area contributed by atoms with Gasteiger partial charge in [0.25, 0.3) is 0 Å². The number of carbonyl (C=O) groups is 2. The summed E-state index contributed by atoms with van der Waals surface area (Å²) in [5.41, 5.74) is 0. The minimum absolute atomic E-state index is 0.0372. The van der Waals surface area contributed by atoms with E-state index in [1.165, 1.54) is 205 Å². The summed E-state index contributed by atoms with van der Waals surface area (Å²) < 4.78 is 34.5. The van der Waals surface area contributed by atoms with Crippen LogP contribution in [0.3, 0.4) is 0 Å². The number of rotatable bonds is 50. The summed E-state index contributed by atoms with van der Waals surface area (Å²) in [7, 11) is 1.50. The van der Waals surface area contributed by atoms with E-state index in [1.807, 2.05) is 21.1 Å². The maximum atomic E-state index is 12.7. The fourth-order valence-electron chi connectivity index (χ4n) is 7.96. The lowest BCUT2D eigenvalue weighted by molar-refractivity contribution is -0.870. The van der Waals surface area contributed by atoms with Crippen molar-refractivity contribution in [3.05, 3.63) is 0 Å². The van der Waals surface area contributed by atoms with Gasteiger partial charge in [-0.1, -0.05) is 245 Å². The Hall–Kier alpha value is -0.990. The average Bonchev–Trinajstić information content (AvgIpc) is 3.23. The Morgan fingerprint density at radius 2 is 0.726 bits per heavy atom. The second kappa shape index (κ2) is 45.2. The number of esters is 2. The van der Waals surface area contributed by atoms with Gasteiger partial charge in [0.2, 0.25) is 0 Å². The Morgan fingerprint density at radius 1 is 0.435 bits per heavy atom. The summed E-state index contributed by atoms with van der Waals surface area (Å²) in [6.45, 7) is 4.49. The fourth-order valence-corrected chi connectivity index (χ4v) is 8.70. The predicted octanol–water partition coefficient (Wildman–Crippen LogP) is 15.9. The normalized spacial score (nSPS) is 13.3. The van der Waals surface area contributed by atoms with E-state index in [4.69, 9.17) is 18.5 Å². The molecule has 0 saturated heterocycles. The lowest BCUT2D eigenvalue weighted by Gasteiger charge is -2.24. The van der Waals surface area contributed by atoms with Crippen molar-refractivity contribution >= 4 is 19.8 Å². The van der Waals surface area contributed by atoms with Crippen molar-refractivity contribution in [2.45, 2.75) is 277 Å². The van der Waals surface area contributed by atoms with E-state index in [0.717, 1.165) is 38.5 Å². The molecule has 10 heteroatoms. The molecule has 370 valence electrons. The van der Waals surface area contributed by atoms with Crippen LogP contribution < -0.4 is 0 Å². The molecule has 2 unspecified atom stereocenters. The topological polar surface area (TPSA) is 108 Å². The Morgan fingerprint density at radius 3 is 1.03 bits per heavy atom. The molecule has 0 aromatic heterocycles. The molecule has 0 aromatic carbocycles. The molecule has 2 atom stereocenters. The summed E-state index contributed by atoms with van der Waals surface area (Å²) in [6, 6.07) is 0. The number of ether oxygens (including phenoxy) is 2. The molecule has 0 aliphatic carbocycles. The number of hydrogen-bond donors (Lipinski definition) is 1. The molecule has 0 aromatic rings. The number of phosphoric acid groups is 1. The van der Waals surface area contributed by atoms with Crippen LogP contribution in [-0.4, -0.2) is 74.9 Å². The molecular formula is C52H105NO8P+. The lowest BCUT2D eigenvalue weighted by Crippen LogP contribution is -2.37. The standard InChI is InChI=1S/C52H104NO8P/c1-6-8-10-12-14-16-18-20-22-24-25-26-27-28-29-31-32-34-36-38-40-42-44-51(54)58-48-50(49-60-62(56,57)59-47-46-53(3,4)5)61-52(55)45-43-41-39-37-35-33-30-23-21-19-17-15-13-11-9-7-2/h50H,6-49H2,1-5H3/p+1. The molecule has 0 aliphatic heterocycles. The zero-order chi connectivity index (χ0) is 45.7. The van der Waals surface area contributed by atoms with E-state index in [-0.39, 0.29) is 25.6 Å². The smallest absolute Gasteiger partial charge is 0.462 e. The van der Waals surface area contributed by atoms with Crippen LogP contribution in [0.2, 0.25) is 0 Å². The van der Waals surface area contributed by atoms with Gasteiger partial charge < -0.3 is 18.9 Å². The molecule has 62 heavy (non-hydrogen) atoms. The monoisotopic (exact) mass is 903 g/mol. The van der Waals surface area contributed by atoms with E-state index >= 15 is 0 Å². The highest BCUT2D eigenvalue weighted by atomic mass is 31.2. The lowest BCUT2D eigenvalue weighted by atomic mass is 10.0. The van der Waals surface area contributed by atoms with E-state index in [9.17, 15) is 19.0 Å². The highest BCUT2D eigenvalue weighted by Crippen LogP contribution is 2.43. The van der Waals surface area contributed by atoms with Crippen LogP contribution in [0.25, 0.3) is 0 Å². The Bertz CT molecular complexity index is 1020. The Kier molecular flexibility index (Phi) is 44.5. The van der Waals surface area contributed by atoms with Gasteiger partial charge in [0, 0.05) is 12.8 Å². The van der Waals surface area contributed by atoms with Gasteiger partial charge >= 0.3 is 19.8 Å². The van der Waals surface area contributed by atoms with Crippen molar-refractivity contribution in [3.63, 3.8) is 0 Å². The fraction of sp³-hybridized carbons (Fsp3) is 0.962. The minimum atomic E-state index is -4.37. The third-order valence-corrected chi connectivity index (χ3v) is 13.1. The van der Waals surface area contributed by atoms with Gasteiger partial charge in [-0.05, 0) is 12.8 Å². The molecule has 0 bridgehead atoms. The Labute approximate surface area is 384 Å². The van der Waals surface area contributed by atoms with Crippen LogP contribution in [-0.2, 0) is 32.7 Å². The van der Waals surface area contributed by atoms with Crippen LogP contribution in [0.15, 0.2) is 0 Å². The van der Waals surface area contributed by atoms with Crippen molar-refractivity contribution in [2.75, 3.05) is 47.5 Å². The second-order valence-electron chi connectivity index (χ2n) is 19.6. The molecular weight excluding hydrogens is 798 g/mol. The van der Waals surface area contributed by atoms with Crippen LogP contribution in [0.5, 0.6) is 0 Å². The van der Waals surface area contributed by atoms with Gasteiger partial charge in [-0.15, -0.1) is 0 Å². The van der Waals surface area contributed by atoms with Crippen LogP contribution in [0.4, 0.5) is 0 Å². The number of carbonyl (C=O) groups excluding carboxylic acids is 2. The summed E-state index contributed by atoms with van der Waals surface area (Å²) >= 11 is 0. The summed E-state index contributed by atoms with van der Waals surface area (Å²) in [4.78, 5) is 35.6. The molecule has 0 fully saturated rings. The van der Waals surface area contributed by atoms with Crippen molar-refractivity contribution < 1.29 is 42.1 Å². The number of unbranched alkanes of at least 4 members (excludes halogenated alkanes) is 36. The van der Waals surface area contributed by atoms with Crippen LogP contribution in [0, 0.1) is 0 Å². The third kappa shape index (κ3) is 48.5. The van der Waals surface area contributed by atoms with E-state index in [0.29, 0.717) is 17.4 Å².